The summed E-state index contributed by atoms with van der Waals surface area (Å²) in [6.45, 7) is 4.33. The molecule has 7 heteroatoms. The van der Waals surface area contributed by atoms with Crippen molar-refractivity contribution in [2.24, 2.45) is 0 Å². The first-order valence-corrected chi connectivity index (χ1v) is 12.6. The number of aryl methyl sites for hydroxylation is 1. The van der Waals surface area contributed by atoms with Crippen LogP contribution in [-0.4, -0.2) is 44.1 Å². The van der Waals surface area contributed by atoms with Crippen molar-refractivity contribution in [3.63, 3.8) is 0 Å². The van der Waals surface area contributed by atoms with E-state index in [-0.39, 0.29) is 31.5 Å². The lowest BCUT2D eigenvalue weighted by Crippen LogP contribution is -2.35. The van der Waals surface area contributed by atoms with Crippen LogP contribution >= 0.6 is 0 Å². The van der Waals surface area contributed by atoms with Gasteiger partial charge in [-0.25, -0.2) is 4.98 Å². The molecule has 0 spiro atoms. The van der Waals surface area contributed by atoms with E-state index in [1.165, 1.54) is 24.2 Å². The van der Waals surface area contributed by atoms with Crippen molar-refractivity contribution in [1.82, 2.24) is 14.5 Å². The summed E-state index contributed by atoms with van der Waals surface area (Å²) < 4.78 is 7.86. The van der Waals surface area contributed by atoms with Crippen molar-refractivity contribution >= 4 is 22.9 Å². The SMILES string of the molecule is CC(C)Oc1ccc(CN(CC(=O)O)C(=O)CCn2c(C3CCCCC3)nc3ccccc32)cc1. The highest BCUT2D eigenvalue weighted by Crippen LogP contribution is 2.34. The Morgan fingerprint density at radius 2 is 1.80 bits per heavy atom. The van der Waals surface area contributed by atoms with Gasteiger partial charge in [-0.1, -0.05) is 43.5 Å². The summed E-state index contributed by atoms with van der Waals surface area (Å²) in [6, 6.07) is 15.5. The van der Waals surface area contributed by atoms with E-state index < -0.39 is 5.97 Å². The third-order valence-electron chi connectivity index (χ3n) is 6.55. The van der Waals surface area contributed by atoms with Crippen molar-refractivity contribution in [3.05, 3.63) is 59.9 Å². The smallest absolute Gasteiger partial charge is 0.323 e. The van der Waals surface area contributed by atoms with Crippen LogP contribution in [0.2, 0.25) is 0 Å². The van der Waals surface area contributed by atoms with E-state index in [1.54, 1.807) is 0 Å². The van der Waals surface area contributed by atoms with Crippen molar-refractivity contribution in [2.75, 3.05) is 6.54 Å². The van der Waals surface area contributed by atoms with Crippen LogP contribution < -0.4 is 4.74 Å². The Labute approximate surface area is 206 Å². The van der Waals surface area contributed by atoms with Crippen molar-refractivity contribution in [1.29, 1.82) is 0 Å². The summed E-state index contributed by atoms with van der Waals surface area (Å²) in [5, 5.41) is 9.43. The van der Waals surface area contributed by atoms with Crippen molar-refractivity contribution < 1.29 is 19.4 Å². The third-order valence-corrected chi connectivity index (χ3v) is 6.55. The van der Waals surface area contributed by atoms with Crippen LogP contribution in [0.5, 0.6) is 5.75 Å². The van der Waals surface area contributed by atoms with E-state index in [4.69, 9.17) is 9.72 Å². The summed E-state index contributed by atoms with van der Waals surface area (Å²) in [6.07, 6.45) is 6.23. The molecule has 1 aromatic heterocycles. The molecular formula is C28H35N3O4. The van der Waals surface area contributed by atoms with E-state index in [2.05, 4.69) is 10.6 Å². The van der Waals surface area contributed by atoms with Crippen molar-refractivity contribution in [3.8, 4) is 5.75 Å². The quantitative estimate of drug-likeness (QED) is 0.424. The Hall–Kier alpha value is -3.35. The monoisotopic (exact) mass is 477 g/mol. The van der Waals surface area contributed by atoms with Gasteiger partial charge in [-0.15, -0.1) is 0 Å². The number of aromatic nitrogens is 2. The molecule has 1 aliphatic rings. The number of hydrogen-bond donors (Lipinski definition) is 1. The Bertz CT molecular complexity index is 1150. The normalized spacial score (nSPS) is 14.4. The number of rotatable bonds is 10. The highest BCUT2D eigenvalue weighted by Gasteiger charge is 2.24. The molecule has 0 unspecified atom stereocenters. The molecule has 7 nitrogen and oxygen atoms in total. The predicted molar refractivity (Wildman–Crippen MR) is 135 cm³/mol. The number of nitrogens with zero attached hydrogens (tertiary/aromatic N) is 3. The summed E-state index contributed by atoms with van der Waals surface area (Å²) in [7, 11) is 0. The number of carboxylic acids is 1. The van der Waals surface area contributed by atoms with Crippen LogP contribution in [0.25, 0.3) is 11.0 Å². The minimum absolute atomic E-state index is 0.0729. The first kappa shape index (κ1) is 24.8. The number of aliphatic carboxylic acids is 1. The maximum absolute atomic E-state index is 13.2. The number of carboxylic acid groups (broad SMARTS) is 1. The standard InChI is InChI=1S/C28H35N3O4/c1-20(2)35-23-14-12-21(13-15-23)18-30(19-27(33)34)26(32)16-17-31-25-11-7-6-10-24(25)29-28(31)22-8-4-3-5-9-22/h6-7,10-15,20,22H,3-5,8-9,16-19H2,1-2H3,(H,33,34). The molecule has 0 radical (unpaired) electrons. The van der Waals surface area contributed by atoms with Gasteiger partial charge in [0.1, 0.15) is 18.1 Å². The summed E-state index contributed by atoms with van der Waals surface area (Å²) in [4.78, 5) is 31.1. The molecule has 186 valence electrons. The average Bonchev–Trinajstić information content (AvgIpc) is 3.22. The van der Waals surface area contributed by atoms with Crippen LogP contribution in [0, 0.1) is 0 Å². The zero-order valence-electron chi connectivity index (χ0n) is 20.7. The first-order chi connectivity index (χ1) is 16.9. The van der Waals surface area contributed by atoms with Crippen LogP contribution in [0.3, 0.4) is 0 Å². The van der Waals surface area contributed by atoms with E-state index in [1.807, 2.05) is 56.3 Å². The fourth-order valence-corrected chi connectivity index (χ4v) is 4.93. The predicted octanol–water partition coefficient (Wildman–Crippen LogP) is 5.37. The molecule has 35 heavy (non-hydrogen) atoms. The maximum Gasteiger partial charge on any atom is 0.323 e. The minimum atomic E-state index is -1.02. The average molecular weight is 478 g/mol. The van der Waals surface area contributed by atoms with Gasteiger partial charge in [-0.3, -0.25) is 9.59 Å². The lowest BCUT2D eigenvalue weighted by Gasteiger charge is -2.24. The van der Waals surface area contributed by atoms with Gasteiger partial charge in [0, 0.05) is 25.4 Å². The molecule has 0 bridgehead atoms. The highest BCUT2D eigenvalue weighted by atomic mass is 16.5. The Balaban J connectivity index is 1.49. The molecule has 0 saturated heterocycles. The van der Waals surface area contributed by atoms with Gasteiger partial charge < -0.3 is 19.3 Å². The number of amides is 1. The van der Waals surface area contributed by atoms with Gasteiger partial charge >= 0.3 is 5.97 Å². The third kappa shape index (κ3) is 6.41. The number of carbonyl (C=O) groups is 2. The van der Waals surface area contributed by atoms with Crippen LogP contribution in [0.4, 0.5) is 0 Å². The first-order valence-electron chi connectivity index (χ1n) is 12.6. The molecule has 3 aromatic rings. The highest BCUT2D eigenvalue weighted by molar-refractivity contribution is 5.82. The molecule has 4 rings (SSSR count). The van der Waals surface area contributed by atoms with Gasteiger partial charge in [0.2, 0.25) is 5.91 Å². The summed E-state index contributed by atoms with van der Waals surface area (Å²) in [5.74, 6) is 1.02. The minimum Gasteiger partial charge on any atom is -0.491 e. The lowest BCUT2D eigenvalue weighted by molar-refractivity contribution is -0.145. The number of hydrogen-bond acceptors (Lipinski definition) is 4. The summed E-state index contributed by atoms with van der Waals surface area (Å²) >= 11 is 0. The largest absolute Gasteiger partial charge is 0.491 e. The number of ether oxygens (including phenoxy) is 1. The van der Waals surface area contributed by atoms with Crippen LogP contribution in [-0.2, 0) is 22.7 Å². The molecule has 2 aromatic carbocycles. The summed E-state index contributed by atoms with van der Waals surface area (Å²) in [5.41, 5.74) is 2.85. The van der Waals surface area contributed by atoms with Crippen LogP contribution in [0.1, 0.15) is 69.7 Å². The van der Waals surface area contributed by atoms with Crippen LogP contribution in [0.15, 0.2) is 48.5 Å². The maximum atomic E-state index is 13.2. The molecule has 0 atom stereocenters. The molecule has 0 aliphatic heterocycles. The topological polar surface area (TPSA) is 84.7 Å². The van der Waals surface area contributed by atoms with Gasteiger partial charge in [0.05, 0.1) is 17.1 Å². The zero-order chi connectivity index (χ0) is 24.8. The lowest BCUT2D eigenvalue weighted by atomic mass is 9.88. The number of benzene rings is 2. The molecule has 1 fully saturated rings. The van der Waals surface area contributed by atoms with E-state index in [9.17, 15) is 14.7 Å². The molecule has 1 aliphatic carbocycles. The van der Waals surface area contributed by atoms with E-state index in [0.29, 0.717) is 12.5 Å². The Kier molecular flexibility index (Phi) is 8.06. The fraction of sp³-hybridized carbons (Fsp3) is 0.464. The van der Waals surface area contributed by atoms with Gasteiger partial charge in [0.25, 0.3) is 0 Å². The van der Waals surface area contributed by atoms with E-state index in [0.717, 1.165) is 41.0 Å². The molecule has 1 amide bonds. The molecule has 1 N–H and O–H groups in total. The molecule has 1 saturated carbocycles. The van der Waals surface area contributed by atoms with E-state index >= 15 is 0 Å². The van der Waals surface area contributed by atoms with Gasteiger partial charge in [-0.05, 0) is 56.5 Å². The number of carbonyl (C=O) groups excluding carboxylic acids is 1. The molecule has 1 heterocycles. The van der Waals surface area contributed by atoms with Crippen molar-refractivity contribution in [2.45, 2.75) is 77.5 Å². The number of imidazole rings is 1. The second-order valence-electron chi connectivity index (χ2n) is 9.65. The fourth-order valence-electron chi connectivity index (χ4n) is 4.93. The second-order valence-corrected chi connectivity index (χ2v) is 9.65. The van der Waals surface area contributed by atoms with Gasteiger partial charge in [0.15, 0.2) is 0 Å². The number of fused-ring (bicyclic) bond motifs is 1. The zero-order valence-corrected chi connectivity index (χ0v) is 20.7. The second kappa shape index (κ2) is 11.4. The molecular weight excluding hydrogens is 442 g/mol. The van der Waals surface area contributed by atoms with Gasteiger partial charge in [-0.2, -0.15) is 0 Å². The Morgan fingerprint density at radius 3 is 2.49 bits per heavy atom. The number of para-hydroxylation sites is 2. The Morgan fingerprint density at radius 1 is 1.09 bits per heavy atom.